The number of nitrogen functional groups attached to an aromatic ring is 1. The van der Waals surface area contributed by atoms with Gasteiger partial charge < -0.3 is 15.8 Å². The van der Waals surface area contributed by atoms with Crippen molar-refractivity contribution in [2.75, 3.05) is 37.3 Å². The molecule has 3 N–H and O–H groups in total. The molecule has 1 aromatic heterocycles. The van der Waals surface area contributed by atoms with E-state index >= 15 is 0 Å². The van der Waals surface area contributed by atoms with E-state index in [0.717, 1.165) is 24.8 Å². The predicted octanol–water partition coefficient (Wildman–Crippen LogP) is 0.395. The number of ether oxygens (including phenoxy) is 1. The Balaban J connectivity index is 1.49. The average Bonchev–Trinajstić information content (AvgIpc) is 2.94. The smallest absolute Gasteiger partial charge is 0.233 e. The summed E-state index contributed by atoms with van der Waals surface area (Å²) >= 11 is 1.29. The maximum atomic E-state index is 5.84. The molecule has 7 heteroatoms. The summed E-state index contributed by atoms with van der Waals surface area (Å²) in [5.74, 6) is 0.335. The van der Waals surface area contributed by atoms with Gasteiger partial charge in [0.25, 0.3) is 0 Å². The lowest BCUT2D eigenvalue weighted by molar-refractivity contribution is -0.0415. The lowest BCUT2D eigenvalue weighted by Gasteiger charge is -2.35. The topological polar surface area (TPSA) is 76.3 Å². The van der Waals surface area contributed by atoms with Crippen LogP contribution in [-0.4, -0.2) is 52.6 Å². The second kappa shape index (κ2) is 4.75. The van der Waals surface area contributed by atoms with E-state index in [-0.39, 0.29) is 6.10 Å². The van der Waals surface area contributed by atoms with Gasteiger partial charge in [-0.3, -0.25) is 4.90 Å². The highest BCUT2D eigenvalue weighted by molar-refractivity contribution is 7.09. The maximum Gasteiger partial charge on any atom is 0.233 e. The van der Waals surface area contributed by atoms with Crippen molar-refractivity contribution in [1.82, 2.24) is 14.3 Å². The van der Waals surface area contributed by atoms with Gasteiger partial charge in [-0.25, -0.2) is 0 Å². The fraction of sp³-hybridized carbons (Fsp3) is 0.800. The minimum absolute atomic E-state index is 0.245. The zero-order valence-corrected chi connectivity index (χ0v) is 10.4. The van der Waals surface area contributed by atoms with Crippen LogP contribution in [0, 0.1) is 0 Å². The third-order valence-electron chi connectivity index (χ3n) is 3.38. The zero-order valence-electron chi connectivity index (χ0n) is 9.63. The lowest BCUT2D eigenvalue weighted by Crippen LogP contribution is -2.48. The summed E-state index contributed by atoms with van der Waals surface area (Å²) in [7, 11) is 0. The zero-order chi connectivity index (χ0) is 11.7. The van der Waals surface area contributed by atoms with Crippen LogP contribution in [0.4, 0.5) is 11.1 Å². The first-order valence-electron chi connectivity index (χ1n) is 6.00. The summed E-state index contributed by atoms with van der Waals surface area (Å²) in [5.41, 5.74) is 5.47. The standard InChI is InChI=1S/C10H17N5OS/c11-9-13-10(17-14-9)12-4-8-5-15-3-1-2-7(15)6-16-8/h7-8H,1-6H2,(H3,11,12,13,14). The van der Waals surface area contributed by atoms with E-state index < -0.39 is 0 Å². The van der Waals surface area contributed by atoms with Gasteiger partial charge in [-0.1, -0.05) is 0 Å². The average molecular weight is 255 g/mol. The Morgan fingerprint density at radius 3 is 3.35 bits per heavy atom. The van der Waals surface area contributed by atoms with Crippen LogP contribution in [0.25, 0.3) is 0 Å². The third-order valence-corrected chi connectivity index (χ3v) is 4.07. The summed E-state index contributed by atoms with van der Waals surface area (Å²) in [6, 6.07) is 0.656. The van der Waals surface area contributed by atoms with Gasteiger partial charge in [-0.15, -0.1) is 0 Å². The number of nitrogens with zero attached hydrogens (tertiary/aromatic N) is 3. The number of nitrogens with two attached hydrogens (primary N) is 1. The highest BCUT2D eigenvalue weighted by Gasteiger charge is 2.31. The Bertz CT molecular complexity index is 385. The Labute approximate surface area is 104 Å². The highest BCUT2D eigenvalue weighted by atomic mass is 32.1. The first-order valence-corrected chi connectivity index (χ1v) is 6.77. The van der Waals surface area contributed by atoms with Gasteiger partial charge in [0, 0.05) is 30.7 Å². The van der Waals surface area contributed by atoms with Gasteiger partial charge in [0.2, 0.25) is 11.1 Å². The van der Waals surface area contributed by atoms with E-state index in [1.54, 1.807) is 0 Å². The fourth-order valence-electron chi connectivity index (χ4n) is 2.52. The fourth-order valence-corrected chi connectivity index (χ4v) is 3.02. The lowest BCUT2D eigenvalue weighted by atomic mass is 10.2. The minimum atomic E-state index is 0.245. The number of morpholine rings is 1. The molecular weight excluding hydrogens is 238 g/mol. The number of nitrogens with one attached hydrogen (secondary N) is 1. The Morgan fingerprint density at radius 2 is 2.53 bits per heavy atom. The molecule has 0 amide bonds. The van der Waals surface area contributed by atoms with Gasteiger partial charge in [-0.05, 0) is 19.4 Å². The molecule has 94 valence electrons. The molecule has 2 fully saturated rings. The van der Waals surface area contributed by atoms with Crippen molar-refractivity contribution in [2.24, 2.45) is 0 Å². The summed E-state index contributed by atoms with van der Waals surface area (Å²) in [6.45, 7) is 3.88. The van der Waals surface area contributed by atoms with Crippen molar-refractivity contribution in [3.05, 3.63) is 0 Å². The number of aromatic nitrogens is 2. The third kappa shape index (κ3) is 2.51. The first kappa shape index (κ1) is 11.2. The van der Waals surface area contributed by atoms with Crippen LogP contribution < -0.4 is 11.1 Å². The normalized spacial score (nSPS) is 29.2. The predicted molar refractivity (Wildman–Crippen MR) is 67.1 cm³/mol. The molecule has 2 atom stereocenters. The molecule has 0 radical (unpaired) electrons. The molecule has 2 aliphatic heterocycles. The molecule has 0 bridgehead atoms. The molecular formula is C10H17N5OS. The van der Waals surface area contributed by atoms with Crippen molar-refractivity contribution < 1.29 is 4.74 Å². The van der Waals surface area contributed by atoms with Crippen LogP contribution in [0.5, 0.6) is 0 Å². The molecule has 2 saturated heterocycles. The summed E-state index contributed by atoms with van der Waals surface area (Å²) in [4.78, 5) is 6.60. The molecule has 3 rings (SSSR count). The van der Waals surface area contributed by atoms with Crippen LogP contribution in [0.15, 0.2) is 0 Å². The monoisotopic (exact) mass is 255 g/mol. The molecule has 0 aliphatic carbocycles. The van der Waals surface area contributed by atoms with Gasteiger partial charge in [0.15, 0.2) is 0 Å². The number of fused-ring (bicyclic) bond motifs is 1. The Kier molecular flexibility index (Phi) is 3.13. The van der Waals surface area contributed by atoms with E-state index in [4.69, 9.17) is 10.5 Å². The minimum Gasteiger partial charge on any atom is -0.373 e. The van der Waals surface area contributed by atoms with Crippen molar-refractivity contribution in [3.63, 3.8) is 0 Å². The van der Waals surface area contributed by atoms with Crippen LogP contribution in [0.3, 0.4) is 0 Å². The molecule has 3 heterocycles. The molecule has 0 aromatic carbocycles. The molecule has 1 aromatic rings. The van der Waals surface area contributed by atoms with Gasteiger partial charge in [0.1, 0.15) is 0 Å². The summed E-state index contributed by atoms with van der Waals surface area (Å²) in [5, 5.41) is 4.00. The van der Waals surface area contributed by atoms with Crippen LogP contribution in [-0.2, 0) is 4.74 Å². The number of hydrogen-bond acceptors (Lipinski definition) is 7. The second-order valence-electron chi connectivity index (χ2n) is 4.58. The summed E-state index contributed by atoms with van der Waals surface area (Å²) < 4.78 is 9.77. The molecule has 2 aliphatic rings. The van der Waals surface area contributed by atoms with Crippen LogP contribution in [0.1, 0.15) is 12.8 Å². The van der Waals surface area contributed by atoms with Crippen LogP contribution >= 0.6 is 11.5 Å². The second-order valence-corrected chi connectivity index (χ2v) is 5.34. The van der Waals surface area contributed by atoms with Crippen LogP contribution in [0.2, 0.25) is 0 Å². The van der Waals surface area contributed by atoms with E-state index in [0.29, 0.717) is 12.0 Å². The van der Waals surface area contributed by atoms with Crippen molar-refractivity contribution in [3.8, 4) is 0 Å². The van der Waals surface area contributed by atoms with Crippen molar-refractivity contribution in [1.29, 1.82) is 0 Å². The quantitative estimate of drug-likeness (QED) is 0.814. The number of hydrogen-bond donors (Lipinski definition) is 2. The van der Waals surface area contributed by atoms with E-state index in [1.165, 1.54) is 30.9 Å². The number of rotatable bonds is 3. The van der Waals surface area contributed by atoms with E-state index in [2.05, 4.69) is 19.6 Å². The first-order chi connectivity index (χ1) is 8.31. The molecule has 2 unspecified atom stereocenters. The molecule has 0 saturated carbocycles. The van der Waals surface area contributed by atoms with Crippen molar-refractivity contribution >= 4 is 22.6 Å². The van der Waals surface area contributed by atoms with E-state index in [9.17, 15) is 0 Å². The highest BCUT2D eigenvalue weighted by Crippen LogP contribution is 2.23. The van der Waals surface area contributed by atoms with Crippen molar-refractivity contribution in [2.45, 2.75) is 25.0 Å². The van der Waals surface area contributed by atoms with Gasteiger partial charge >= 0.3 is 0 Å². The number of anilines is 2. The maximum absolute atomic E-state index is 5.84. The van der Waals surface area contributed by atoms with Gasteiger partial charge in [0.05, 0.1) is 12.7 Å². The van der Waals surface area contributed by atoms with E-state index in [1.807, 2.05) is 0 Å². The molecule has 0 spiro atoms. The molecule has 6 nitrogen and oxygen atoms in total. The summed E-state index contributed by atoms with van der Waals surface area (Å²) in [6.07, 6.45) is 2.84. The SMILES string of the molecule is Nc1nsc(NCC2CN3CCCC3CO2)n1. The Hall–Kier alpha value is -0.920. The van der Waals surface area contributed by atoms with Gasteiger partial charge in [-0.2, -0.15) is 9.36 Å². The Morgan fingerprint density at radius 1 is 1.59 bits per heavy atom. The molecule has 17 heavy (non-hydrogen) atoms. The largest absolute Gasteiger partial charge is 0.373 e.